The predicted molar refractivity (Wildman–Crippen MR) is 65.2 cm³/mol. The summed E-state index contributed by atoms with van der Waals surface area (Å²) in [7, 11) is 0. The molecule has 3 heteroatoms. The molecule has 1 aliphatic rings. The Labute approximate surface area is 96.9 Å². The van der Waals surface area contributed by atoms with Crippen LogP contribution in [0.3, 0.4) is 0 Å². The molecule has 0 bridgehead atoms. The van der Waals surface area contributed by atoms with E-state index in [9.17, 15) is 5.11 Å². The van der Waals surface area contributed by atoms with E-state index in [2.05, 4.69) is 22.8 Å². The third-order valence-electron chi connectivity index (χ3n) is 3.27. The minimum absolute atomic E-state index is 0.0885. The lowest BCUT2D eigenvalue weighted by Crippen LogP contribution is -2.51. The van der Waals surface area contributed by atoms with Crippen LogP contribution in [0.4, 0.5) is 0 Å². The number of benzene rings is 1. The van der Waals surface area contributed by atoms with Gasteiger partial charge in [0, 0.05) is 13.1 Å². The Morgan fingerprint density at radius 3 is 2.75 bits per heavy atom. The molecule has 0 spiro atoms. The van der Waals surface area contributed by atoms with Crippen molar-refractivity contribution in [3.05, 3.63) is 35.9 Å². The van der Waals surface area contributed by atoms with E-state index in [0.717, 1.165) is 32.5 Å². The SMILES string of the molecule is OCC1(CNCc2ccccc2)CCCN1. The van der Waals surface area contributed by atoms with E-state index in [1.165, 1.54) is 5.56 Å². The van der Waals surface area contributed by atoms with Crippen LogP contribution in [0.15, 0.2) is 30.3 Å². The molecule has 1 fully saturated rings. The summed E-state index contributed by atoms with van der Waals surface area (Å²) in [6.07, 6.45) is 2.22. The van der Waals surface area contributed by atoms with Crippen LogP contribution in [0, 0.1) is 0 Å². The lowest BCUT2D eigenvalue weighted by Gasteiger charge is -2.27. The fourth-order valence-electron chi connectivity index (χ4n) is 2.25. The summed E-state index contributed by atoms with van der Waals surface area (Å²) in [5, 5.41) is 16.2. The van der Waals surface area contributed by atoms with Gasteiger partial charge in [0.1, 0.15) is 0 Å². The van der Waals surface area contributed by atoms with E-state index >= 15 is 0 Å². The van der Waals surface area contributed by atoms with Crippen molar-refractivity contribution in [3.8, 4) is 0 Å². The van der Waals surface area contributed by atoms with Crippen LogP contribution in [0.5, 0.6) is 0 Å². The smallest absolute Gasteiger partial charge is 0.0625 e. The van der Waals surface area contributed by atoms with E-state index in [4.69, 9.17) is 0 Å². The van der Waals surface area contributed by atoms with Crippen LogP contribution in [-0.2, 0) is 6.54 Å². The second-order valence-electron chi connectivity index (χ2n) is 4.56. The van der Waals surface area contributed by atoms with Gasteiger partial charge < -0.3 is 15.7 Å². The van der Waals surface area contributed by atoms with Gasteiger partial charge in [0.05, 0.1) is 12.1 Å². The molecule has 3 nitrogen and oxygen atoms in total. The molecule has 3 N–H and O–H groups in total. The Balaban J connectivity index is 1.79. The summed E-state index contributed by atoms with van der Waals surface area (Å²) in [6, 6.07) is 10.3. The molecule has 1 unspecified atom stereocenters. The van der Waals surface area contributed by atoms with E-state index in [-0.39, 0.29) is 12.1 Å². The minimum Gasteiger partial charge on any atom is -0.394 e. The summed E-state index contributed by atoms with van der Waals surface area (Å²) < 4.78 is 0. The molecule has 0 saturated carbocycles. The van der Waals surface area contributed by atoms with Crippen LogP contribution < -0.4 is 10.6 Å². The summed E-state index contributed by atoms with van der Waals surface area (Å²) in [5.74, 6) is 0. The van der Waals surface area contributed by atoms with Gasteiger partial charge in [-0.05, 0) is 24.9 Å². The molecular weight excluding hydrogens is 200 g/mol. The topological polar surface area (TPSA) is 44.3 Å². The maximum atomic E-state index is 9.41. The first-order valence-electron chi connectivity index (χ1n) is 5.95. The maximum Gasteiger partial charge on any atom is 0.0625 e. The van der Waals surface area contributed by atoms with Crippen LogP contribution in [-0.4, -0.2) is 30.3 Å². The van der Waals surface area contributed by atoms with E-state index in [1.54, 1.807) is 0 Å². The zero-order valence-corrected chi connectivity index (χ0v) is 9.58. The fourth-order valence-corrected chi connectivity index (χ4v) is 2.25. The Kier molecular flexibility index (Phi) is 3.93. The molecule has 0 aromatic heterocycles. The first kappa shape index (κ1) is 11.6. The Bertz CT molecular complexity index is 307. The third kappa shape index (κ3) is 2.82. The van der Waals surface area contributed by atoms with Gasteiger partial charge in [-0.15, -0.1) is 0 Å². The van der Waals surface area contributed by atoms with Crippen molar-refractivity contribution >= 4 is 0 Å². The molecule has 2 rings (SSSR count). The molecule has 1 saturated heterocycles. The number of rotatable bonds is 5. The highest BCUT2D eigenvalue weighted by atomic mass is 16.3. The summed E-state index contributed by atoms with van der Waals surface area (Å²) >= 11 is 0. The van der Waals surface area contributed by atoms with Gasteiger partial charge in [0.25, 0.3) is 0 Å². The molecular formula is C13H20N2O. The quantitative estimate of drug-likeness (QED) is 0.690. The van der Waals surface area contributed by atoms with Gasteiger partial charge in [-0.3, -0.25) is 0 Å². The Hall–Kier alpha value is -0.900. The Morgan fingerprint density at radius 2 is 2.12 bits per heavy atom. The summed E-state index contributed by atoms with van der Waals surface area (Å²) in [4.78, 5) is 0. The van der Waals surface area contributed by atoms with Crippen LogP contribution in [0.25, 0.3) is 0 Å². The van der Waals surface area contributed by atoms with Gasteiger partial charge in [-0.1, -0.05) is 30.3 Å². The monoisotopic (exact) mass is 220 g/mol. The van der Waals surface area contributed by atoms with E-state index < -0.39 is 0 Å². The number of aliphatic hydroxyl groups excluding tert-OH is 1. The number of aliphatic hydroxyl groups is 1. The van der Waals surface area contributed by atoms with Gasteiger partial charge >= 0.3 is 0 Å². The zero-order valence-electron chi connectivity index (χ0n) is 9.58. The molecule has 0 aliphatic carbocycles. The van der Waals surface area contributed by atoms with Gasteiger partial charge in [-0.25, -0.2) is 0 Å². The minimum atomic E-state index is -0.0885. The van der Waals surface area contributed by atoms with Crippen LogP contribution in [0.1, 0.15) is 18.4 Å². The number of hydrogen-bond donors (Lipinski definition) is 3. The molecule has 1 atom stereocenters. The molecule has 1 aromatic rings. The molecule has 16 heavy (non-hydrogen) atoms. The second kappa shape index (κ2) is 5.43. The van der Waals surface area contributed by atoms with E-state index in [1.807, 2.05) is 18.2 Å². The average Bonchev–Trinajstić information content (AvgIpc) is 2.80. The molecule has 88 valence electrons. The molecule has 0 amide bonds. The largest absolute Gasteiger partial charge is 0.394 e. The van der Waals surface area contributed by atoms with Crippen molar-refractivity contribution in [1.82, 2.24) is 10.6 Å². The second-order valence-corrected chi connectivity index (χ2v) is 4.56. The van der Waals surface area contributed by atoms with E-state index in [0.29, 0.717) is 0 Å². The average molecular weight is 220 g/mol. The molecule has 0 radical (unpaired) electrons. The summed E-state index contributed by atoms with van der Waals surface area (Å²) in [6.45, 7) is 2.94. The highest BCUT2D eigenvalue weighted by Gasteiger charge is 2.31. The van der Waals surface area contributed by atoms with Crippen molar-refractivity contribution in [2.45, 2.75) is 24.9 Å². The third-order valence-corrected chi connectivity index (χ3v) is 3.27. The van der Waals surface area contributed by atoms with Crippen LogP contribution in [0.2, 0.25) is 0 Å². The first-order chi connectivity index (χ1) is 7.85. The van der Waals surface area contributed by atoms with Gasteiger partial charge in [0.15, 0.2) is 0 Å². The van der Waals surface area contributed by atoms with Crippen molar-refractivity contribution in [3.63, 3.8) is 0 Å². The van der Waals surface area contributed by atoms with Gasteiger partial charge in [-0.2, -0.15) is 0 Å². The van der Waals surface area contributed by atoms with Crippen molar-refractivity contribution in [2.24, 2.45) is 0 Å². The number of nitrogens with one attached hydrogen (secondary N) is 2. The lowest BCUT2D eigenvalue weighted by atomic mass is 9.99. The highest BCUT2D eigenvalue weighted by molar-refractivity contribution is 5.14. The van der Waals surface area contributed by atoms with Crippen molar-refractivity contribution < 1.29 is 5.11 Å². The maximum absolute atomic E-state index is 9.41. The van der Waals surface area contributed by atoms with Crippen molar-refractivity contribution in [2.75, 3.05) is 19.7 Å². The molecule has 1 aromatic carbocycles. The zero-order chi connectivity index (χ0) is 11.3. The Morgan fingerprint density at radius 1 is 1.31 bits per heavy atom. The molecule has 1 heterocycles. The molecule has 1 aliphatic heterocycles. The lowest BCUT2D eigenvalue weighted by molar-refractivity contribution is 0.174. The van der Waals surface area contributed by atoms with Gasteiger partial charge in [0.2, 0.25) is 0 Å². The first-order valence-corrected chi connectivity index (χ1v) is 5.95. The standard InChI is InChI=1S/C13H20N2O/c16-11-13(7-4-8-15-13)10-14-9-12-5-2-1-3-6-12/h1-3,5-6,14-16H,4,7-11H2. The number of hydrogen-bond acceptors (Lipinski definition) is 3. The van der Waals surface area contributed by atoms with Crippen LogP contribution >= 0.6 is 0 Å². The highest BCUT2D eigenvalue weighted by Crippen LogP contribution is 2.17. The van der Waals surface area contributed by atoms with Crippen molar-refractivity contribution in [1.29, 1.82) is 0 Å². The summed E-state index contributed by atoms with van der Waals surface area (Å²) in [5.41, 5.74) is 1.20. The fraction of sp³-hybridized carbons (Fsp3) is 0.538. The normalized spacial score (nSPS) is 24.8. The predicted octanol–water partition coefficient (Wildman–Crippen LogP) is 0.891.